The largest absolute Gasteiger partial charge is 0.508 e. The summed E-state index contributed by atoms with van der Waals surface area (Å²) in [7, 11) is 0. The first-order chi connectivity index (χ1) is 7.31. The predicted molar refractivity (Wildman–Crippen MR) is 62.1 cm³/mol. The summed E-state index contributed by atoms with van der Waals surface area (Å²) in [6.07, 6.45) is 6.69. The molecule has 2 rings (SSSR count). The molecule has 15 heavy (non-hydrogen) atoms. The maximum Gasteiger partial charge on any atom is 0.119 e. The van der Waals surface area contributed by atoms with Gasteiger partial charge in [-0.05, 0) is 67.8 Å². The van der Waals surface area contributed by atoms with E-state index in [9.17, 15) is 5.11 Å². The second-order valence-corrected chi connectivity index (χ2v) is 4.35. The lowest BCUT2D eigenvalue weighted by molar-refractivity contribution is 0.465. The molecular formula is C13H19NO. The van der Waals surface area contributed by atoms with Crippen molar-refractivity contribution in [2.24, 2.45) is 5.73 Å². The zero-order valence-corrected chi connectivity index (χ0v) is 9.13. The molecule has 82 valence electrons. The molecule has 0 atom stereocenters. The van der Waals surface area contributed by atoms with Gasteiger partial charge in [-0.1, -0.05) is 6.07 Å². The summed E-state index contributed by atoms with van der Waals surface area (Å²) >= 11 is 0. The zero-order valence-electron chi connectivity index (χ0n) is 9.13. The van der Waals surface area contributed by atoms with Gasteiger partial charge in [0.25, 0.3) is 0 Å². The molecule has 0 spiro atoms. The van der Waals surface area contributed by atoms with Crippen molar-refractivity contribution in [3.05, 3.63) is 28.8 Å². The summed E-state index contributed by atoms with van der Waals surface area (Å²) in [6.45, 7) is 0.691. The van der Waals surface area contributed by atoms with E-state index in [1.807, 2.05) is 6.07 Å². The molecule has 0 fully saturated rings. The van der Waals surface area contributed by atoms with Crippen molar-refractivity contribution in [3.63, 3.8) is 0 Å². The second kappa shape index (κ2) is 4.67. The number of aromatic hydroxyl groups is 1. The average Bonchev–Trinajstić information content (AvgIpc) is 2.26. The summed E-state index contributed by atoms with van der Waals surface area (Å²) in [5.74, 6) is 0.462. The maximum absolute atomic E-state index is 9.85. The fourth-order valence-electron chi connectivity index (χ4n) is 2.32. The van der Waals surface area contributed by atoms with E-state index >= 15 is 0 Å². The van der Waals surface area contributed by atoms with Gasteiger partial charge in [0.15, 0.2) is 0 Å². The van der Waals surface area contributed by atoms with Gasteiger partial charge in [-0.15, -0.1) is 0 Å². The highest BCUT2D eigenvalue weighted by Crippen LogP contribution is 2.28. The molecule has 0 unspecified atom stereocenters. The monoisotopic (exact) mass is 205 g/mol. The number of benzene rings is 1. The van der Waals surface area contributed by atoms with Crippen molar-refractivity contribution in [2.75, 3.05) is 6.54 Å². The Morgan fingerprint density at radius 3 is 2.47 bits per heavy atom. The van der Waals surface area contributed by atoms with Crippen LogP contribution in [0.15, 0.2) is 12.1 Å². The van der Waals surface area contributed by atoms with Crippen molar-refractivity contribution < 1.29 is 5.11 Å². The Hall–Kier alpha value is -1.02. The van der Waals surface area contributed by atoms with Crippen LogP contribution in [0.5, 0.6) is 5.75 Å². The average molecular weight is 205 g/mol. The Kier molecular flexibility index (Phi) is 3.27. The van der Waals surface area contributed by atoms with Crippen LogP contribution in [0.3, 0.4) is 0 Å². The minimum Gasteiger partial charge on any atom is -0.508 e. The van der Waals surface area contributed by atoms with E-state index < -0.39 is 0 Å². The predicted octanol–water partition coefficient (Wildman–Crippen LogP) is 2.16. The molecular weight excluding hydrogens is 186 g/mol. The first-order valence-electron chi connectivity index (χ1n) is 5.85. The molecule has 0 amide bonds. The molecule has 1 aliphatic carbocycles. The molecule has 1 aromatic rings. The zero-order chi connectivity index (χ0) is 10.7. The fraction of sp³-hybridized carbons (Fsp3) is 0.538. The van der Waals surface area contributed by atoms with Gasteiger partial charge < -0.3 is 10.8 Å². The molecule has 1 aromatic carbocycles. The van der Waals surface area contributed by atoms with Crippen molar-refractivity contribution >= 4 is 0 Å². The number of nitrogens with two attached hydrogens (primary N) is 1. The Morgan fingerprint density at radius 2 is 1.80 bits per heavy atom. The molecule has 0 bridgehead atoms. The fourth-order valence-corrected chi connectivity index (χ4v) is 2.32. The Morgan fingerprint density at radius 1 is 1.13 bits per heavy atom. The molecule has 3 N–H and O–H groups in total. The minimum absolute atomic E-state index is 0.462. The topological polar surface area (TPSA) is 46.2 Å². The smallest absolute Gasteiger partial charge is 0.119 e. The Bertz CT molecular complexity index is 347. The van der Waals surface area contributed by atoms with Crippen LogP contribution in [0.2, 0.25) is 0 Å². The second-order valence-electron chi connectivity index (χ2n) is 4.35. The first kappa shape index (κ1) is 10.5. The number of fused-ring (bicyclic) bond motifs is 1. The van der Waals surface area contributed by atoms with Crippen LogP contribution in [0.4, 0.5) is 0 Å². The van der Waals surface area contributed by atoms with Crippen LogP contribution in [0, 0.1) is 0 Å². The lowest BCUT2D eigenvalue weighted by Crippen LogP contribution is -2.05. The Balaban J connectivity index is 2.24. The number of phenolic OH excluding ortho intramolecular Hbond substituents is 1. The molecule has 0 aromatic heterocycles. The molecule has 0 aliphatic heterocycles. The lowest BCUT2D eigenvalue weighted by atomic mass is 9.89. The molecule has 2 heteroatoms. The number of hydrogen-bond donors (Lipinski definition) is 2. The van der Waals surface area contributed by atoms with Crippen molar-refractivity contribution in [2.45, 2.75) is 38.5 Å². The maximum atomic E-state index is 9.85. The van der Waals surface area contributed by atoms with E-state index in [4.69, 9.17) is 5.73 Å². The van der Waals surface area contributed by atoms with E-state index in [0.717, 1.165) is 24.8 Å². The molecule has 0 radical (unpaired) electrons. The van der Waals surface area contributed by atoms with Crippen molar-refractivity contribution in [1.82, 2.24) is 0 Å². The molecule has 0 saturated carbocycles. The molecule has 0 saturated heterocycles. The summed E-state index contributed by atoms with van der Waals surface area (Å²) in [4.78, 5) is 0. The molecule has 0 heterocycles. The van der Waals surface area contributed by atoms with Crippen molar-refractivity contribution in [3.8, 4) is 5.75 Å². The summed E-state index contributed by atoms with van der Waals surface area (Å²) in [5.41, 5.74) is 9.33. The lowest BCUT2D eigenvalue weighted by Gasteiger charge is -2.17. The summed E-state index contributed by atoms with van der Waals surface area (Å²) in [5, 5.41) is 9.85. The number of phenols is 1. The van der Waals surface area contributed by atoms with Gasteiger partial charge >= 0.3 is 0 Å². The standard InChI is InChI=1S/C13H19NO/c14-7-3-6-12-8-10-4-1-2-5-11(10)9-13(12)15/h8-9,15H,1-7,14H2. The third-order valence-electron chi connectivity index (χ3n) is 3.19. The SMILES string of the molecule is NCCCc1cc2c(cc1O)CCCC2. The molecule has 2 nitrogen and oxygen atoms in total. The van der Waals surface area contributed by atoms with E-state index in [-0.39, 0.29) is 0 Å². The van der Waals surface area contributed by atoms with Crippen LogP contribution in [0.25, 0.3) is 0 Å². The first-order valence-corrected chi connectivity index (χ1v) is 5.85. The highest BCUT2D eigenvalue weighted by molar-refractivity contribution is 5.43. The van der Waals surface area contributed by atoms with Crippen LogP contribution < -0.4 is 5.73 Å². The molecule has 1 aliphatic rings. The highest BCUT2D eigenvalue weighted by Gasteiger charge is 2.12. The van der Waals surface area contributed by atoms with Crippen LogP contribution in [-0.4, -0.2) is 11.7 Å². The van der Waals surface area contributed by atoms with Gasteiger partial charge in [0.1, 0.15) is 5.75 Å². The van der Waals surface area contributed by atoms with Crippen LogP contribution in [0.1, 0.15) is 36.0 Å². The summed E-state index contributed by atoms with van der Waals surface area (Å²) in [6, 6.07) is 4.14. The van der Waals surface area contributed by atoms with E-state index in [0.29, 0.717) is 12.3 Å². The third-order valence-corrected chi connectivity index (χ3v) is 3.19. The van der Waals surface area contributed by atoms with Gasteiger partial charge in [0.05, 0.1) is 0 Å². The highest BCUT2D eigenvalue weighted by atomic mass is 16.3. The number of hydrogen-bond acceptors (Lipinski definition) is 2. The van der Waals surface area contributed by atoms with Crippen molar-refractivity contribution in [1.29, 1.82) is 0 Å². The van der Waals surface area contributed by atoms with Gasteiger partial charge in [0, 0.05) is 0 Å². The van der Waals surface area contributed by atoms with Crippen LogP contribution >= 0.6 is 0 Å². The Labute approximate surface area is 91.1 Å². The minimum atomic E-state index is 0.462. The van der Waals surface area contributed by atoms with Crippen LogP contribution in [-0.2, 0) is 19.3 Å². The van der Waals surface area contributed by atoms with E-state index in [1.165, 1.54) is 30.4 Å². The van der Waals surface area contributed by atoms with Gasteiger partial charge in [-0.25, -0.2) is 0 Å². The van der Waals surface area contributed by atoms with Gasteiger partial charge in [-0.3, -0.25) is 0 Å². The quantitative estimate of drug-likeness (QED) is 0.794. The summed E-state index contributed by atoms with van der Waals surface area (Å²) < 4.78 is 0. The third kappa shape index (κ3) is 2.32. The van der Waals surface area contributed by atoms with E-state index in [2.05, 4.69) is 6.07 Å². The van der Waals surface area contributed by atoms with Gasteiger partial charge in [-0.2, -0.15) is 0 Å². The van der Waals surface area contributed by atoms with Gasteiger partial charge in [0.2, 0.25) is 0 Å². The number of rotatable bonds is 3. The van der Waals surface area contributed by atoms with E-state index in [1.54, 1.807) is 0 Å². The number of aryl methyl sites for hydroxylation is 3. The normalized spacial score (nSPS) is 15.0.